The van der Waals surface area contributed by atoms with Crippen LogP contribution >= 0.6 is 0 Å². The van der Waals surface area contributed by atoms with E-state index in [0.717, 1.165) is 11.4 Å². The van der Waals surface area contributed by atoms with Crippen molar-refractivity contribution in [3.63, 3.8) is 0 Å². The lowest BCUT2D eigenvalue weighted by molar-refractivity contribution is 0.0774. The van der Waals surface area contributed by atoms with Gasteiger partial charge in [-0.1, -0.05) is 18.2 Å². The van der Waals surface area contributed by atoms with Crippen LogP contribution in [0.15, 0.2) is 54.6 Å². The third-order valence-corrected chi connectivity index (χ3v) is 4.07. The van der Waals surface area contributed by atoms with E-state index >= 15 is 0 Å². The number of benzene rings is 2. The van der Waals surface area contributed by atoms with Crippen molar-refractivity contribution < 1.29 is 14.3 Å². The van der Waals surface area contributed by atoms with Crippen molar-refractivity contribution >= 4 is 17.6 Å². The molecule has 3 amide bonds. The molecule has 0 aliphatic carbocycles. The topological polar surface area (TPSA) is 61.9 Å². The molecule has 130 valence electrons. The minimum Gasteiger partial charge on any atom is -0.492 e. The summed E-state index contributed by atoms with van der Waals surface area (Å²) < 4.78 is 5.62. The third-order valence-electron chi connectivity index (χ3n) is 4.07. The van der Waals surface area contributed by atoms with Gasteiger partial charge < -0.3 is 15.0 Å². The molecule has 0 bridgehead atoms. The zero-order valence-corrected chi connectivity index (χ0v) is 14.1. The summed E-state index contributed by atoms with van der Waals surface area (Å²) in [7, 11) is 1.75. The van der Waals surface area contributed by atoms with Crippen LogP contribution in [0.1, 0.15) is 10.4 Å². The maximum Gasteiger partial charge on any atom is 0.321 e. The number of hydrogen-bond acceptors (Lipinski definition) is 3. The fourth-order valence-electron chi connectivity index (χ4n) is 2.64. The van der Waals surface area contributed by atoms with Crippen LogP contribution < -0.4 is 15.0 Å². The standard InChI is InChI=1S/C19H21N3O3/c1-21(13-14-25-17-5-3-2-4-6-17)18(23)15-7-9-16(10-8-15)22-12-11-20-19(22)24/h2-10H,11-14H2,1H3,(H,20,24). The number of anilines is 1. The fraction of sp³-hybridized carbons (Fsp3) is 0.263. The number of carbonyl (C=O) groups is 2. The van der Waals surface area contributed by atoms with E-state index in [0.29, 0.717) is 31.8 Å². The predicted octanol–water partition coefficient (Wildman–Crippen LogP) is 2.37. The molecule has 6 heteroatoms. The monoisotopic (exact) mass is 339 g/mol. The van der Waals surface area contributed by atoms with Gasteiger partial charge >= 0.3 is 6.03 Å². The molecule has 2 aromatic rings. The first-order valence-corrected chi connectivity index (χ1v) is 8.24. The Morgan fingerprint density at radius 1 is 1.16 bits per heavy atom. The summed E-state index contributed by atoms with van der Waals surface area (Å²) in [6.07, 6.45) is 0. The van der Waals surface area contributed by atoms with Crippen molar-refractivity contribution in [3.05, 3.63) is 60.2 Å². The maximum atomic E-state index is 12.5. The minimum atomic E-state index is -0.103. The molecule has 0 radical (unpaired) electrons. The number of urea groups is 1. The van der Waals surface area contributed by atoms with Crippen molar-refractivity contribution in [3.8, 4) is 5.75 Å². The Morgan fingerprint density at radius 2 is 1.88 bits per heavy atom. The van der Waals surface area contributed by atoms with Crippen LogP contribution in [0.25, 0.3) is 0 Å². The molecule has 1 saturated heterocycles. The van der Waals surface area contributed by atoms with Gasteiger partial charge in [-0.05, 0) is 36.4 Å². The van der Waals surface area contributed by atoms with E-state index in [-0.39, 0.29) is 11.9 Å². The predicted molar refractivity (Wildman–Crippen MR) is 96.1 cm³/mol. The number of carbonyl (C=O) groups excluding carboxylic acids is 2. The zero-order valence-electron chi connectivity index (χ0n) is 14.1. The molecule has 1 aliphatic rings. The van der Waals surface area contributed by atoms with Crippen LogP contribution in [0.2, 0.25) is 0 Å². The second-order valence-electron chi connectivity index (χ2n) is 5.82. The first-order valence-electron chi connectivity index (χ1n) is 8.24. The highest BCUT2D eigenvalue weighted by atomic mass is 16.5. The molecule has 0 aromatic heterocycles. The molecular weight excluding hydrogens is 318 g/mol. The molecule has 3 rings (SSSR count). The number of amides is 3. The molecule has 2 aromatic carbocycles. The summed E-state index contributed by atoms with van der Waals surface area (Å²) in [6, 6.07) is 16.5. The van der Waals surface area contributed by atoms with Gasteiger partial charge in [0.25, 0.3) is 5.91 Å². The number of nitrogens with one attached hydrogen (secondary N) is 1. The van der Waals surface area contributed by atoms with E-state index in [2.05, 4.69) is 5.32 Å². The molecule has 0 spiro atoms. The van der Waals surface area contributed by atoms with Gasteiger partial charge in [0.15, 0.2) is 0 Å². The Labute approximate surface area is 147 Å². The van der Waals surface area contributed by atoms with Gasteiger partial charge in [0.2, 0.25) is 0 Å². The Bertz CT molecular complexity index is 731. The highest BCUT2D eigenvalue weighted by Crippen LogP contribution is 2.18. The fourth-order valence-corrected chi connectivity index (χ4v) is 2.64. The lowest BCUT2D eigenvalue weighted by atomic mass is 10.1. The molecule has 1 aliphatic heterocycles. The molecular formula is C19H21N3O3. The third kappa shape index (κ3) is 4.09. The van der Waals surface area contributed by atoms with E-state index in [4.69, 9.17) is 4.74 Å². The minimum absolute atomic E-state index is 0.0749. The first kappa shape index (κ1) is 16.8. The zero-order chi connectivity index (χ0) is 17.6. The van der Waals surface area contributed by atoms with Gasteiger partial charge in [-0.3, -0.25) is 9.69 Å². The molecule has 1 heterocycles. The number of rotatable bonds is 6. The van der Waals surface area contributed by atoms with Crippen molar-refractivity contribution in [2.75, 3.05) is 38.2 Å². The Morgan fingerprint density at radius 3 is 2.52 bits per heavy atom. The molecule has 0 saturated carbocycles. The number of likely N-dealkylation sites (N-methyl/N-ethyl adjacent to an activating group) is 1. The van der Waals surface area contributed by atoms with Crippen molar-refractivity contribution in [2.24, 2.45) is 0 Å². The number of nitrogens with zero attached hydrogens (tertiary/aromatic N) is 2. The quantitative estimate of drug-likeness (QED) is 0.879. The summed E-state index contributed by atoms with van der Waals surface area (Å²) in [4.78, 5) is 27.4. The normalized spacial score (nSPS) is 13.5. The highest BCUT2D eigenvalue weighted by Gasteiger charge is 2.21. The lowest BCUT2D eigenvalue weighted by Gasteiger charge is -2.19. The molecule has 25 heavy (non-hydrogen) atoms. The van der Waals surface area contributed by atoms with Crippen molar-refractivity contribution in [1.82, 2.24) is 10.2 Å². The van der Waals surface area contributed by atoms with Crippen LogP contribution in [-0.2, 0) is 0 Å². The van der Waals surface area contributed by atoms with Gasteiger partial charge in [0.1, 0.15) is 12.4 Å². The summed E-state index contributed by atoms with van der Waals surface area (Å²) in [6.45, 7) is 2.20. The van der Waals surface area contributed by atoms with Crippen LogP contribution in [-0.4, -0.2) is 50.1 Å². The van der Waals surface area contributed by atoms with E-state index in [1.807, 2.05) is 30.3 Å². The summed E-state index contributed by atoms with van der Waals surface area (Å²) >= 11 is 0. The Balaban J connectivity index is 1.54. The molecule has 1 fully saturated rings. The molecule has 0 unspecified atom stereocenters. The second-order valence-corrected chi connectivity index (χ2v) is 5.82. The van der Waals surface area contributed by atoms with Gasteiger partial charge in [-0.2, -0.15) is 0 Å². The van der Waals surface area contributed by atoms with Crippen LogP contribution in [0, 0.1) is 0 Å². The second kappa shape index (κ2) is 7.70. The van der Waals surface area contributed by atoms with Gasteiger partial charge in [0.05, 0.1) is 6.54 Å². The van der Waals surface area contributed by atoms with Crippen molar-refractivity contribution in [2.45, 2.75) is 0 Å². The average Bonchev–Trinajstić information content (AvgIpc) is 3.08. The first-order chi connectivity index (χ1) is 12.1. The number of hydrogen-bond donors (Lipinski definition) is 1. The summed E-state index contributed by atoms with van der Waals surface area (Å²) in [5.74, 6) is 0.714. The van der Waals surface area contributed by atoms with Crippen LogP contribution in [0.5, 0.6) is 5.75 Å². The van der Waals surface area contributed by atoms with Crippen LogP contribution in [0.3, 0.4) is 0 Å². The van der Waals surface area contributed by atoms with Gasteiger partial charge in [-0.15, -0.1) is 0 Å². The average molecular weight is 339 g/mol. The Hall–Kier alpha value is -3.02. The van der Waals surface area contributed by atoms with E-state index < -0.39 is 0 Å². The molecule has 1 N–H and O–H groups in total. The number of ether oxygens (including phenoxy) is 1. The van der Waals surface area contributed by atoms with E-state index in [1.165, 1.54) is 0 Å². The van der Waals surface area contributed by atoms with E-state index in [9.17, 15) is 9.59 Å². The van der Waals surface area contributed by atoms with Crippen molar-refractivity contribution in [1.29, 1.82) is 0 Å². The maximum absolute atomic E-state index is 12.5. The van der Waals surface area contributed by atoms with E-state index in [1.54, 1.807) is 41.1 Å². The smallest absolute Gasteiger partial charge is 0.321 e. The highest BCUT2D eigenvalue weighted by molar-refractivity contribution is 5.96. The largest absolute Gasteiger partial charge is 0.492 e. The van der Waals surface area contributed by atoms with Gasteiger partial charge in [0, 0.05) is 31.4 Å². The number of para-hydroxylation sites is 1. The van der Waals surface area contributed by atoms with Gasteiger partial charge in [-0.25, -0.2) is 4.79 Å². The van der Waals surface area contributed by atoms with Crippen LogP contribution in [0.4, 0.5) is 10.5 Å². The SMILES string of the molecule is CN(CCOc1ccccc1)C(=O)c1ccc(N2CCNC2=O)cc1. The lowest BCUT2D eigenvalue weighted by Crippen LogP contribution is -2.31. The molecule has 0 atom stereocenters. The molecule has 6 nitrogen and oxygen atoms in total. The summed E-state index contributed by atoms with van der Waals surface area (Å²) in [5, 5.41) is 2.76. The summed E-state index contributed by atoms with van der Waals surface area (Å²) in [5.41, 5.74) is 1.38. The Kier molecular flexibility index (Phi) is 5.18.